The van der Waals surface area contributed by atoms with Crippen molar-refractivity contribution in [3.8, 4) is 11.3 Å². The van der Waals surface area contributed by atoms with Crippen LogP contribution >= 0.6 is 0 Å². The number of anilines is 1. The number of alkyl halides is 3. The minimum atomic E-state index is -4.48. The van der Waals surface area contributed by atoms with Crippen LogP contribution in [0.25, 0.3) is 22.2 Å². The highest BCUT2D eigenvalue weighted by molar-refractivity contribution is 5.94. The Bertz CT molecular complexity index is 777. The Morgan fingerprint density at radius 1 is 1.10 bits per heavy atom. The second-order valence-electron chi connectivity index (χ2n) is 4.30. The van der Waals surface area contributed by atoms with Gasteiger partial charge >= 0.3 is 6.18 Å². The molecule has 3 rings (SSSR count). The summed E-state index contributed by atoms with van der Waals surface area (Å²) in [5.41, 5.74) is 6.73. The van der Waals surface area contributed by atoms with Gasteiger partial charge in [-0.25, -0.2) is 0 Å². The summed E-state index contributed by atoms with van der Waals surface area (Å²) in [5, 5.41) is 7.49. The number of nitrogens with one attached hydrogen (secondary N) is 1. The van der Waals surface area contributed by atoms with Crippen LogP contribution < -0.4 is 5.73 Å². The van der Waals surface area contributed by atoms with E-state index in [0.29, 0.717) is 27.8 Å². The van der Waals surface area contributed by atoms with Gasteiger partial charge < -0.3 is 5.73 Å². The van der Waals surface area contributed by atoms with E-state index in [0.717, 1.165) is 12.3 Å². The summed E-state index contributed by atoms with van der Waals surface area (Å²) in [6.07, 6.45) is -3.37. The third kappa shape index (κ3) is 2.07. The molecule has 0 atom stereocenters. The predicted molar refractivity (Wildman–Crippen MR) is 68.7 cm³/mol. The molecule has 3 aromatic rings. The summed E-state index contributed by atoms with van der Waals surface area (Å²) >= 11 is 0. The zero-order valence-electron chi connectivity index (χ0n) is 10.1. The zero-order chi connectivity index (χ0) is 14.3. The number of nitrogen functional groups attached to an aromatic ring is 1. The highest BCUT2D eigenvalue weighted by Crippen LogP contribution is 2.32. The molecule has 0 radical (unpaired) electrons. The van der Waals surface area contributed by atoms with Crippen molar-refractivity contribution in [2.45, 2.75) is 6.18 Å². The summed E-state index contributed by atoms with van der Waals surface area (Å²) in [6.45, 7) is 0. The van der Waals surface area contributed by atoms with E-state index in [4.69, 9.17) is 5.73 Å². The van der Waals surface area contributed by atoms with Crippen LogP contribution in [0.2, 0.25) is 0 Å². The normalized spacial score (nSPS) is 11.9. The van der Waals surface area contributed by atoms with Gasteiger partial charge in [-0.2, -0.15) is 18.3 Å². The third-order valence-corrected chi connectivity index (χ3v) is 2.91. The molecule has 3 N–H and O–H groups in total. The summed E-state index contributed by atoms with van der Waals surface area (Å²) < 4.78 is 38.0. The Balaban J connectivity index is 2.18. The van der Waals surface area contributed by atoms with Gasteiger partial charge in [0.25, 0.3) is 0 Å². The fraction of sp³-hybridized carbons (Fsp3) is 0.0769. The lowest BCUT2D eigenvalue weighted by atomic mass is 10.1. The number of aromatic nitrogens is 3. The maximum Gasteiger partial charge on any atom is 0.433 e. The van der Waals surface area contributed by atoms with E-state index in [2.05, 4.69) is 15.2 Å². The number of rotatable bonds is 1. The number of nitrogens with two attached hydrogens (primary N) is 1. The van der Waals surface area contributed by atoms with Gasteiger partial charge in [-0.15, -0.1) is 0 Å². The molecule has 0 fully saturated rings. The van der Waals surface area contributed by atoms with E-state index in [-0.39, 0.29) is 0 Å². The second-order valence-corrected chi connectivity index (χ2v) is 4.30. The zero-order valence-corrected chi connectivity index (χ0v) is 10.1. The number of fused-ring (bicyclic) bond motifs is 1. The van der Waals surface area contributed by atoms with E-state index in [1.807, 2.05) is 0 Å². The Morgan fingerprint density at radius 2 is 1.90 bits per heavy atom. The maximum atomic E-state index is 12.7. The molecule has 0 aliphatic rings. The monoisotopic (exact) mass is 278 g/mol. The molecule has 1 aromatic carbocycles. The molecule has 0 spiro atoms. The summed E-state index contributed by atoms with van der Waals surface area (Å²) in [5.74, 6) is 0. The first-order valence-corrected chi connectivity index (χ1v) is 5.72. The van der Waals surface area contributed by atoms with Crippen LogP contribution in [0, 0.1) is 0 Å². The first-order valence-electron chi connectivity index (χ1n) is 5.72. The maximum absolute atomic E-state index is 12.7. The van der Waals surface area contributed by atoms with E-state index >= 15 is 0 Å². The van der Waals surface area contributed by atoms with Crippen molar-refractivity contribution in [1.82, 2.24) is 15.2 Å². The van der Waals surface area contributed by atoms with Crippen LogP contribution in [-0.2, 0) is 6.18 Å². The lowest BCUT2D eigenvalue weighted by Gasteiger charge is -2.06. The van der Waals surface area contributed by atoms with Gasteiger partial charge in [0.1, 0.15) is 11.4 Å². The molecule has 0 aliphatic carbocycles. The van der Waals surface area contributed by atoms with Crippen LogP contribution in [-0.4, -0.2) is 15.2 Å². The molecule has 2 aromatic heterocycles. The van der Waals surface area contributed by atoms with E-state index in [1.54, 1.807) is 18.2 Å². The van der Waals surface area contributed by atoms with Gasteiger partial charge in [-0.05, 0) is 30.3 Å². The molecule has 4 nitrogen and oxygen atoms in total. The molecule has 2 heterocycles. The first kappa shape index (κ1) is 12.5. The number of nitrogens with zero attached hydrogens (tertiary/aromatic N) is 2. The molecule has 20 heavy (non-hydrogen) atoms. The fourth-order valence-corrected chi connectivity index (χ4v) is 1.98. The molecule has 0 aliphatic heterocycles. The molecule has 0 saturated carbocycles. The number of pyridine rings is 1. The van der Waals surface area contributed by atoms with Gasteiger partial charge in [-0.1, -0.05) is 0 Å². The lowest BCUT2D eigenvalue weighted by molar-refractivity contribution is -0.141. The van der Waals surface area contributed by atoms with Gasteiger partial charge in [0.15, 0.2) is 0 Å². The van der Waals surface area contributed by atoms with Crippen molar-refractivity contribution in [3.05, 3.63) is 42.2 Å². The fourth-order valence-electron chi connectivity index (χ4n) is 1.98. The lowest BCUT2D eigenvalue weighted by Crippen LogP contribution is -2.07. The SMILES string of the molecule is Nc1ccc2[nH]nc(-c3ccnc(C(F)(F)F)c3)c2c1. The summed E-state index contributed by atoms with van der Waals surface area (Å²) in [4.78, 5) is 3.33. The number of H-pyrrole nitrogens is 1. The summed E-state index contributed by atoms with van der Waals surface area (Å²) in [7, 11) is 0. The van der Waals surface area contributed by atoms with Gasteiger partial charge in [0, 0.05) is 22.8 Å². The smallest absolute Gasteiger partial charge is 0.399 e. The van der Waals surface area contributed by atoms with Crippen molar-refractivity contribution in [3.63, 3.8) is 0 Å². The van der Waals surface area contributed by atoms with Gasteiger partial charge in [0.2, 0.25) is 0 Å². The molecule has 0 unspecified atom stereocenters. The predicted octanol–water partition coefficient (Wildman–Crippen LogP) is 3.23. The molecule has 0 saturated heterocycles. The molecular weight excluding hydrogens is 269 g/mol. The number of benzene rings is 1. The van der Waals surface area contributed by atoms with E-state index < -0.39 is 11.9 Å². The van der Waals surface area contributed by atoms with Crippen LogP contribution in [0.3, 0.4) is 0 Å². The van der Waals surface area contributed by atoms with Crippen LogP contribution in [0.5, 0.6) is 0 Å². The molecule has 0 bridgehead atoms. The Hall–Kier alpha value is -2.57. The molecular formula is C13H9F3N4. The number of hydrogen-bond donors (Lipinski definition) is 2. The van der Waals surface area contributed by atoms with Crippen molar-refractivity contribution < 1.29 is 13.2 Å². The number of aromatic amines is 1. The average Bonchev–Trinajstić information content (AvgIpc) is 2.81. The highest BCUT2D eigenvalue weighted by Gasteiger charge is 2.32. The Kier molecular flexibility index (Phi) is 2.63. The molecule has 0 amide bonds. The van der Waals surface area contributed by atoms with Gasteiger partial charge in [-0.3, -0.25) is 10.1 Å². The standard InChI is InChI=1S/C13H9F3N4/c14-13(15,16)11-5-7(3-4-18-11)12-9-6-8(17)1-2-10(9)19-20-12/h1-6H,17H2,(H,19,20). The highest BCUT2D eigenvalue weighted by atomic mass is 19.4. The minimum Gasteiger partial charge on any atom is -0.399 e. The first-order chi connectivity index (χ1) is 9.45. The number of hydrogen-bond acceptors (Lipinski definition) is 3. The van der Waals surface area contributed by atoms with Crippen molar-refractivity contribution >= 4 is 16.6 Å². The van der Waals surface area contributed by atoms with Crippen LogP contribution in [0.4, 0.5) is 18.9 Å². The topological polar surface area (TPSA) is 67.6 Å². The molecule has 102 valence electrons. The number of halogens is 3. The van der Waals surface area contributed by atoms with Gasteiger partial charge in [0.05, 0.1) is 5.52 Å². The van der Waals surface area contributed by atoms with Crippen molar-refractivity contribution in [1.29, 1.82) is 0 Å². The largest absolute Gasteiger partial charge is 0.433 e. The minimum absolute atomic E-state index is 0.337. The Labute approximate surface area is 111 Å². The average molecular weight is 278 g/mol. The van der Waals surface area contributed by atoms with Crippen LogP contribution in [0.15, 0.2) is 36.5 Å². The van der Waals surface area contributed by atoms with E-state index in [1.165, 1.54) is 6.07 Å². The quantitative estimate of drug-likeness (QED) is 0.671. The van der Waals surface area contributed by atoms with Crippen molar-refractivity contribution in [2.75, 3.05) is 5.73 Å². The Morgan fingerprint density at radius 3 is 2.65 bits per heavy atom. The van der Waals surface area contributed by atoms with E-state index in [9.17, 15) is 13.2 Å². The molecule has 7 heteroatoms. The second kappa shape index (κ2) is 4.22. The van der Waals surface area contributed by atoms with Crippen molar-refractivity contribution in [2.24, 2.45) is 0 Å². The van der Waals surface area contributed by atoms with Crippen LogP contribution in [0.1, 0.15) is 5.69 Å². The summed E-state index contributed by atoms with van der Waals surface area (Å²) in [6, 6.07) is 7.54. The third-order valence-electron chi connectivity index (χ3n) is 2.91.